The molecule has 0 aliphatic carbocycles. The van der Waals surface area contributed by atoms with E-state index in [-0.39, 0.29) is 11.8 Å². The van der Waals surface area contributed by atoms with Crippen LogP contribution in [0.2, 0.25) is 5.02 Å². The number of halogens is 1. The summed E-state index contributed by atoms with van der Waals surface area (Å²) in [4.78, 5) is 29.2. The third-order valence-electron chi connectivity index (χ3n) is 3.98. The van der Waals surface area contributed by atoms with Gasteiger partial charge in [-0.05, 0) is 29.6 Å². The minimum atomic E-state index is -0.0808. The summed E-state index contributed by atoms with van der Waals surface area (Å²) in [6.07, 6.45) is 0. The van der Waals surface area contributed by atoms with E-state index < -0.39 is 0 Å². The Bertz CT molecular complexity index is 740. The summed E-state index contributed by atoms with van der Waals surface area (Å²) in [5.74, 6) is 0.493. The van der Waals surface area contributed by atoms with Gasteiger partial charge < -0.3 is 14.5 Å². The summed E-state index contributed by atoms with van der Waals surface area (Å²) in [5.41, 5.74) is 0.527. The smallest absolute Gasteiger partial charge is 0.264 e. The molecule has 1 aliphatic heterocycles. The standard InChI is InChI=1S/C17H17ClN2O3S/c1-23-14-5-4-12(11-13(14)18)16(21)19-6-8-20(9-7-19)17(22)15-3-2-10-24-15/h2-5,10-11H,6-9H2,1H3. The number of thiophene rings is 1. The highest BCUT2D eigenvalue weighted by atomic mass is 35.5. The van der Waals surface area contributed by atoms with Crippen LogP contribution in [0.5, 0.6) is 5.75 Å². The van der Waals surface area contributed by atoms with Gasteiger partial charge in [-0.1, -0.05) is 17.7 Å². The third kappa shape index (κ3) is 3.39. The van der Waals surface area contributed by atoms with Crippen molar-refractivity contribution in [3.63, 3.8) is 0 Å². The molecule has 0 saturated carbocycles. The number of carbonyl (C=O) groups is 2. The summed E-state index contributed by atoms with van der Waals surface area (Å²) < 4.78 is 5.10. The first-order chi connectivity index (χ1) is 11.6. The summed E-state index contributed by atoms with van der Waals surface area (Å²) in [6, 6.07) is 8.70. The zero-order valence-corrected chi connectivity index (χ0v) is 14.8. The highest BCUT2D eigenvalue weighted by Gasteiger charge is 2.26. The lowest BCUT2D eigenvalue weighted by Crippen LogP contribution is -2.50. The largest absolute Gasteiger partial charge is 0.495 e. The number of ether oxygens (including phenoxy) is 1. The Morgan fingerprint density at radius 1 is 1.08 bits per heavy atom. The topological polar surface area (TPSA) is 49.9 Å². The van der Waals surface area contributed by atoms with E-state index in [0.717, 1.165) is 4.88 Å². The van der Waals surface area contributed by atoms with Crippen LogP contribution in [-0.4, -0.2) is 54.9 Å². The Labute approximate surface area is 149 Å². The van der Waals surface area contributed by atoms with E-state index in [4.69, 9.17) is 16.3 Å². The quantitative estimate of drug-likeness (QED) is 0.841. The molecule has 0 N–H and O–H groups in total. The van der Waals surface area contributed by atoms with Gasteiger partial charge in [0.25, 0.3) is 11.8 Å². The lowest BCUT2D eigenvalue weighted by Gasteiger charge is -2.34. The van der Waals surface area contributed by atoms with Crippen LogP contribution in [0.1, 0.15) is 20.0 Å². The number of rotatable bonds is 3. The fourth-order valence-corrected chi connectivity index (χ4v) is 3.60. The molecule has 3 rings (SSSR count). The number of methoxy groups -OCH3 is 1. The Hall–Kier alpha value is -2.05. The molecule has 0 bridgehead atoms. The molecule has 1 saturated heterocycles. The zero-order valence-electron chi connectivity index (χ0n) is 13.2. The highest BCUT2D eigenvalue weighted by molar-refractivity contribution is 7.12. The van der Waals surface area contributed by atoms with Crippen molar-refractivity contribution in [2.75, 3.05) is 33.3 Å². The molecule has 2 heterocycles. The molecule has 5 nitrogen and oxygen atoms in total. The molecular formula is C17H17ClN2O3S. The first-order valence-corrected chi connectivity index (χ1v) is 8.81. The molecule has 1 aromatic carbocycles. The summed E-state index contributed by atoms with van der Waals surface area (Å²) in [7, 11) is 1.53. The number of hydrogen-bond acceptors (Lipinski definition) is 4. The van der Waals surface area contributed by atoms with Crippen LogP contribution in [0, 0.1) is 0 Å². The Kier molecular flexibility index (Phi) is 5.06. The molecule has 0 unspecified atom stereocenters. The molecule has 1 fully saturated rings. The number of amides is 2. The van der Waals surface area contributed by atoms with Crippen molar-refractivity contribution in [3.05, 3.63) is 51.2 Å². The van der Waals surface area contributed by atoms with Crippen molar-refractivity contribution in [1.29, 1.82) is 0 Å². The SMILES string of the molecule is COc1ccc(C(=O)N2CCN(C(=O)c3cccs3)CC2)cc1Cl. The first-order valence-electron chi connectivity index (χ1n) is 7.55. The molecule has 7 heteroatoms. The molecule has 1 aliphatic rings. The van der Waals surface area contributed by atoms with Gasteiger partial charge in [-0.3, -0.25) is 9.59 Å². The molecular weight excluding hydrogens is 348 g/mol. The summed E-state index contributed by atoms with van der Waals surface area (Å²) in [5, 5.41) is 2.30. The highest BCUT2D eigenvalue weighted by Crippen LogP contribution is 2.25. The maximum atomic E-state index is 12.6. The van der Waals surface area contributed by atoms with Crippen LogP contribution < -0.4 is 4.74 Å². The minimum absolute atomic E-state index is 0.0320. The normalized spacial score (nSPS) is 14.6. The Morgan fingerprint density at radius 2 is 1.75 bits per heavy atom. The molecule has 0 radical (unpaired) electrons. The van der Waals surface area contributed by atoms with Gasteiger partial charge in [0, 0.05) is 31.7 Å². The molecule has 2 amide bonds. The third-order valence-corrected chi connectivity index (χ3v) is 5.14. The van der Waals surface area contributed by atoms with Crippen molar-refractivity contribution >= 4 is 34.8 Å². The van der Waals surface area contributed by atoms with Gasteiger partial charge >= 0.3 is 0 Å². The Morgan fingerprint density at radius 3 is 2.29 bits per heavy atom. The number of carbonyl (C=O) groups excluding carboxylic acids is 2. The van der Waals surface area contributed by atoms with Gasteiger partial charge in [0.2, 0.25) is 0 Å². The van der Waals surface area contributed by atoms with Crippen molar-refractivity contribution in [2.45, 2.75) is 0 Å². The van der Waals surface area contributed by atoms with Crippen LogP contribution in [0.4, 0.5) is 0 Å². The number of nitrogens with zero attached hydrogens (tertiary/aromatic N) is 2. The Balaban J connectivity index is 1.63. The minimum Gasteiger partial charge on any atom is -0.495 e. The number of piperazine rings is 1. The predicted octanol–water partition coefficient (Wildman–Crippen LogP) is 3.01. The van der Waals surface area contributed by atoms with E-state index in [2.05, 4.69) is 0 Å². The second kappa shape index (κ2) is 7.23. The molecule has 2 aromatic rings. The van der Waals surface area contributed by atoms with E-state index >= 15 is 0 Å². The molecule has 1 aromatic heterocycles. The van der Waals surface area contributed by atoms with Gasteiger partial charge in [-0.25, -0.2) is 0 Å². The van der Waals surface area contributed by atoms with Gasteiger partial charge in [0.15, 0.2) is 0 Å². The van der Waals surface area contributed by atoms with Gasteiger partial charge in [0.05, 0.1) is 17.0 Å². The molecule has 126 valence electrons. The lowest BCUT2D eigenvalue weighted by atomic mass is 10.1. The van der Waals surface area contributed by atoms with Crippen molar-refractivity contribution in [2.24, 2.45) is 0 Å². The molecule has 24 heavy (non-hydrogen) atoms. The number of hydrogen-bond donors (Lipinski definition) is 0. The van der Waals surface area contributed by atoms with E-state index in [1.165, 1.54) is 18.4 Å². The van der Waals surface area contributed by atoms with Gasteiger partial charge in [-0.15, -0.1) is 11.3 Å². The van der Waals surface area contributed by atoms with E-state index in [1.54, 1.807) is 28.0 Å². The second-order valence-electron chi connectivity index (χ2n) is 5.41. The van der Waals surface area contributed by atoms with E-state index in [1.807, 2.05) is 17.5 Å². The van der Waals surface area contributed by atoms with E-state index in [0.29, 0.717) is 42.5 Å². The van der Waals surface area contributed by atoms with Crippen LogP contribution >= 0.6 is 22.9 Å². The number of benzene rings is 1. The summed E-state index contributed by atoms with van der Waals surface area (Å²) in [6.45, 7) is 2.10. The monoisotopic (exact) mass is 364 g/mol. The maximum absolute atomic E-state index is 12.6. The van der Waals surface area contributed by atoms with Gasteiger partial charge in [-0.2, -0.15) is 0 Å². The second-order valence-corrected chi connectivity index (χ2v) is 6.77. The van der Waals surface area contributed by atoms with Crippen molar-refractivity contribution < 1.29 is 14.3 Å². The maximum Gasteiger partial charge on any atom is 0.264 e. The fraction of sp³-hybridized carbons (Fsp3) is 0.294. The summed E-state index contributed by atoms with van der Waals surface area (Å²) >= 11 is 7.52. The molecule has 0 atom stereocenters. The van der Waals surface area contributed by atoms with Gasteiger partial charge in [0.1, 0.15) is 5.75 Å². The average Bonchev–Trinajstić information content (AvgIpc) is 3.15. The van der Waals surface area contributed by atoms with Crippen molar-refractivity contribution in [1.82, 2.24) is 9.80 Å². The first kappa shape index (κ1) is 16.8. The average molecular weight is 365 g/mol. The lowest BCUT2D eigenvalue weighted by molar-refractivity contribution is 0.0538. The zero-order chi connectivity index (χ0) is 17.1. The van der Waals surface area contributed by atoms with Crippen LogP contribution in [0.15, 0.2) is 35.7 Å². The predicted molar refractivity (Wildman–Crippen MR) is 94.1 cm³/mol. The van der Waals surface area contributed by atoms with E-state index in [9.17, 15) is 9.59 Å². The van der Waals surface area contributed by atoms with Crippen LogP contribution in [0.3, 0.4) is 0 Å². The molecule has 0 spiro atoms. The van der Waals surface area contributed by atoms with Crippen LogP contribution in [0.25, 0.3) is 0 Å². The van der Waals surface area contributed by atoms with Crippen LogP contribution in [-0.2, 0) is 0 Å². The fourth-order valence-electron chi connectivity index (χ4n) is 2.65. The van der Waals surface area contributed by atoms with Crippen molar-refractivity contribution in [3.8, 4) is 5.75 Å².